The molecule has 2 atom stereocenters. The van der Waals surface area contributed by atoms with Crippen molar-refractivity contribution in [2.75, 3.05) is 7.11 Å². The molecule has 0 aromatic heterocycles. The number of methoxy groups -OCH3 is 1. The largest absolute Gasteiger partial charge is 0.478 e. The van der Waals surface area contributed by atoms with Crippen LogP contribution in [0.25, 0.3) is 0 Å². The van der Waals surface area contributed by atoms with Gasteiger partial charge < -0.3 is 15.2 Å². The monoisotopic (exact) mass is 281 g/mol. The molecule has 0 radical (unpaired) electrons. The fraction of sp³-hybridized carbons (Fsp3) is 0.429. The number of carbonyl (C=O) groups is 2. The van der Waals surface area contributed by atoms with Crippen molar-refractivity contribution in [3.8, 4) is 0 Å². The number of nitrogens with one attached hydrogen (secondary N) is 1. The van der Waals surface area contributed by atoms with Crippen LogP contribution < -0.4 is 5.32 Å². The Morgan fingerprint density at radius 3 is 2.70 bits per heavy atom. The summed E-state index contributed by atoms with van der Waals surface area (Å²) in [7, 11) is 1.62. The molecule has 1 aromatic carbocycles. The number of hydrogen-bond acceptors (Lipinski definition) is 3. The van der Waals surface area contributed by atoms with Gasteiger partial charge in [0.2, 0.25) is 0 Å². The second-order valence-corrected chi connectivity index (χ2v) is 4.84. The quantitative estimate of drug-likeness (QED) is 0.882. The summed E-state index contributed by atoms with van der Waals surface area (Å²) >= 11 is 0. The van der Waals surface area contributed by atoms with Crippen molar-refractivity contribution in [2.24, 2.45) is 0 Å². The van der Waals surface area contributed by atoms with Crippen LogP contribution in [-0.2, 0) is 4.74 Å². The number of carboxylic acid groups (broad SMARTS) is 1. The zero-order chi connectivity index (χ0) is 14.7. The van der Waals surface area contributed by atoms with E-state index in [2.05, 4.69) is 5.32 Å². The SMILES string of the molecule is COC1CCC(NC(=O)c2ccc(C(=O)O)cc2F)C1. The molecule has 0 bridgehead atoms. The highest BCUT2D eigenvalue weighted by Crippen LogP contribution is 2.22. The summed E-state index contributed by atoms with van der Waals surface area (Å²) in [5.74, 6) is -2.58. The van der Waals surface area contributed by atoms with Crippen molar-refractivity contribution < 1.29 is 23.8 Å². The Bertz CT molecular complexity index is 532. The maximum Gasteiger partial charge on any atom is 0.335 e. The van der Waals surface area contributed by atoms with Crippen LogP contribution in [0.5, 0.6) is 0 Å². The lowest BCUT2D eigenvalue weighted by atomic mass is 10.1. The minimum absolute atomic E-state index is 0.0361. The summed E-state index contributed by atoms with van der Waals surface area (Å²) in [5.41, 5.74) is -0.324. The number of hydrogen-bond donors (Lipinski definition) is 2. The summed E-state index contributed by atoms with van der Waals surface area (Å²) in [6.07, 6.45) is 2.48. The fourth-order valence-electron chi connectivity index (χ4n) is 2.38. The van der Waals surface area contributed by atoms with Gasteiger partial charge in [-0.2, -0.15) is 0 Å². The van der Waals surface area contributed by atoms with Gasteiger partial charge in [0.1, 0.15) is 5.82 Å². The van der Waals surface area contributed by atoms with Gasteiger partial charge in [0.15, 0.2) is 0 Å². The summed E-state index contributed by atoms with van der Waals surface area (Å²) < 4.78 is 18.9. The predicted molar refractivity (Wildman–Crippen MR) is 69.3 cm³/mol. The second kappa shape index (κ2) is 6.00. The number of ether oxygens (including phenoxy) is 1. The van der Waals surface area contributed by atoms with E-state index in [-0.39, 0.29) is 23.3 Å². The average molecular weight is 281 g/mol. The van der Waals surface area contributed by atoms with E-state index in [1.807, 2.05) is 0 Å². The third kappa shape index (κ3) is 3.14. The first-order valence-corrected chi connectivity index (χ1v) is 6.37. The molecule has 2 unspecified atom stereocenters. The first kappa shape index (κ1) is 14.5. The van der Waals surface area contributed by atoms with Crippen LogP contribution in [0, 0.1) is 5.82 Å². The third-order valence-electron chi connectivity index (χ3n) is 3.51. The topological polar surface area (TPSA) is 75.6 Å². The van der Waals surface area contributed by atoms with Crippen LogP contribution in [0.3, 0.4) is 0 Å². The van der Waals surface area contributed by atoms with Gasteiger partial charge in [0, 0.05) is 13.2 Å². The second-order valence-electron chi connectivity index (χ2n) is 4.84. The molecule has 0 spiro atoms. The van der Waals surface area contributed by atoms with Gasteiger partial charge in [-0.25, -0.2) is 9.18 Å². The molecule has 0 aliphatic heterocycles. The Morgan fingerprint density at radius 2 is 2.15 bits per heavy atom. The van der Waals surface area contributed by atoms with Crippen molar-refractivity contribution in [2.45, 2.75) is 31.4 Å². The van der Waals surface area contributed by atoms with Crippen LogP contribution in [0.2, 0.25) is 0 Å². The molecular formula is C14H16FNO4. The summed E-state index contributed by atoms with van der Waals surface area (Å²) in [5, 5.41) is 11.5. The van der Waals surface area contributed by atoms with Gasteiger partial charge in [-0.05, 0) is 37.5 Å². The van der Waals surface area contributed by atoms with Crippen LogP contribution in [0.15, 0.2) is 18.2 Å². The average Bonchev–Trinajstić information content (AvgIpc) is 2.85. The number of carboxylic acids is 1. The Labute approximate surface area is 115 Å². The molecule has 1 aromatic rings. The molecular weight excluding hydrogens is 265 g/mol. The van der Waals surface area contributed by atoms with Crippen molar-refractivity contribution in [3.63, 3.8) is 0 Å². The Hall–Kier alpha value is -1.95. The van der Waals surface area contributed by atoms with Crippen molar-refractivity contribution >= 4 is 11.9 Å². The Balaban J connectivity index is 2.04. The van der Waals surface area contributed by atoms with Gasteiger partial charge in [-0.1, -0.05) is 0 Å². The van der Waals surface area contributed by atoms with Crippen LogP contribution >= 0.6 is 0 Å². The van der Waals surface area contributed by atoms with E-state index >= 15 is 0 Å². The van der Waals surface area contributed by atoms with Crippen molar-refractivity contribution in [3.05, 3.63) is 35.1 Å². The highest BCUT2D eigenvalue weighted by atomic mass is 19.1. The van der Waals surface area contributed by atoms with Gasteiger partial charge in [-0.3, -0.25) is 4.79 Å². The van der Waals surface area contributed by atoms with E-state index < -0.39 is 17.7 Å². The van der Waals surface area contributed by atoms with Gasteiger partial charge in [-0.15, -0.1) is 0 Å². The summed E-state index contributed by atoms with van der Waals surface area (Å²) in [4.78, 5) is 22.7. The Morgan fingerprint density at radius 1 is 1.40 bits per heavy atom. The maximum atomic E-state index is 13.7. The van der Waals surface area contributed by atoms with E-state index in [0.29, 0.717) is 6.42 Å². The highest BCUT2D eigenvalue weighted by molar-refractivity contribution is 5.96. The third-order valence-corrected chi connectivity index (χ3v) is 3.51. The molecule has 0 saturated heterocycles. The van der Waals surface area contributed by atoms with Crippen LogP contribution in [0.1, 0.15) is 40.0 Å². The van der Waals surface area contributed by atoms with E-state index in [4.69, 9.17) is 9.84 Å². The molecule has 2 rings (SSSR count). The summed E-state index contributed by atoms with van der Waals surface area (Å²) in [6, 6.07) is 3.22. The molecule has 108 valence electrons. The predicted octanol–water partition coefficient (Wildman–Crippen LogP) is 1.82. The van der Waals surface area contributed by atoms with Crippen molar-refractivity contribution in [1.29, 1.82) is 0 Å². The zero-order valence-electron chi connectivity index (χ0n) is 11.1. The lowest BCUT2D eigenvalue weighted by Crippen LogP contribution is -2.34. The zero-order valence-corrected chi connectivity index (χ0v) is 11.1. The summed E-state index contributed by atoms with van der Waals surface area (Å²) in [6.45, 7) is 0. The standard InChI is InChI=1S/C14H16FNO4/c1-20-10-4-3-9(7-10)16-13(17)11-5-2-8(14(18)19)6-12(11)15/h2,5-6,9-10H,3-4,7H2,1H3,(H,16,17)(H,18,19). The van der Waals surface area contributed by atoms with Crippen LogP contribution in [-0.4, -0.2) is 36.2 Å². The van der Waals surface area contributed by atoms with E-state index in [1.54, 1.807) is 7.11 Å². The molecule has 1 aliphatic rings. The smallest absolute Gasteiger partial charge is 0.335 e. The molecule has 1 aliphatic carbocycles. The number of carbonyl (C=O) groups excluding carboxylic acids is 1. The first-order valence-electron chi connectivity index (χ1n) is 6.37. The lowest BCUT2D eigenvalue weighted by Gasteiger charge is -2.13. The minimum Gasteiger partial charge on any atom is -0.478 e. The number of amides is 1. The maximum absolute atomic E-state index is 13.7. The number of benzene rings is 1. The fourth-order valence-corrected chi connectivity index (χ4v) is 2.38. The normalized spacial score (nSPS) is 21.7. The lowest BCUT2D eigenvalue weighted by molar-refractivity contribution is 0.0695. The van der Waals surface area contributed by atoms with Gasteiger partial charge >= 0.3 is 5.97 Å². The molecule has 6 heteroatoms. The van der Waals surface area contributed by atoms with Crippen molar-refractivity contribution in [1.82, 2.24) is 5.32 Å². The Kier molecular flexibility index (Phi) is 4.34. The molecule has 1 amide bonds. The molecule has 20 heavy (non-hydrogen) atoms. The molecule has 5 nitrogen and oxygen atoms in total. The van der Waals surface area contributed by atoms with Gasteiger partial charge in [0.05, 0.1) is 17.2 Å². The molecule has 2 N–H and O–H groups in total. The van der Waals surface area contributed by atoms with Gasteiger partial charge in [0.25, 0.3) is 5.91 Å². The number of aromatic carboxylic acids is 1. The van der Waals surface area contributed by atoms with E-state index in [1.165, 1.54) is 12.1 Å². The molecule has 1 saturated carbocycles. The first-order chi connectivity index (χ1) is 9.51. The van der Waals surface area contributed by atoms with E-state index in [9.17, 15) is 14.0 Å². The van der Waals surface area contributed by atoms with Crippen LogP contribution in [0.4, 0.5) is 4.39 Å². The molecule has 0 heterocycles. The molecule has 1 fully saturated rings. The van der Waals surface area contributed by atoms with E-state index in [0.717, 1.165) is 18.9 Å². The highest BCUT2D eigenvalue weighted by Gasteiger charge is 2.26. The number of rotatable bonds is 4. The number of halogens is 1. The minimum atomic E-state index is -1.23.